The molecule has 4 aromatic rings. The van der Waals surface area contributed by atoms with E-state index in [9.17, 15) is 5.11 Å². The predicted molar refractivity (Wildman–Crippen MR) is 127 cm³/mol. The highest BCUT2D eigenvalue weighted by Gasteiger charge is 2.33. The van der Waals surface area contributed by atoms with Crippen LogP contribution < -0.4 is 9.47 Å². The molecule has 0 saturated heterocycles. The molecule has 8 nitrogen and oxygen atoms in total. The molecule has 2 aromatic heterocycles. The quantitative estimate of drug-likeness (QED) is 0.420. The summed E-state index contributed by atoms with van der Waals surface area (Å²) in [5.41, 5.74) is 4.43. The number of aromatic nitrogens is 4. The topological polar surface area (TPSA) is 83.6 Å². The van der Waals surface area contributed by atoms with E-state index in [-0.39, 0.29) is 12.7 Å². The van der Waals surface area contributed by atoms with E-state index in [1.807, 2.05) is 48.7 Å². The fraction of sp³-hybridized carbons (Fsp3) is 0.280. The van der Waals surface area contributed by atoms with Gasteiger partial charge in [-0.1, -0.05) is 28.9 Å². The van der Waals surface area contributed by atoms with Crippen LogP contribution in [0.5, 0.6) is 11.5 Å². The molecule has 0 unspecified atom stereocenters. The van der Waals surface area contributed by atoms with Crippen molar-refractivity contribution in [1.29, 1.82) is 0 Å². The van der Waals surface area contributed by atoms with Gasteiger partial charge in [-0.25, -0.2) is 4.68 Å². The first-order valence-corrected chi connectivity index (χ1v) is 11.3. The van der Waals surface area contributed by atoms with Gasteiger partial charge < -0.3 is 23.9 Å². The molecule has 0 saturated carbocycles. The lowest BCUT2D eigenvalue weighted by atomic mass is 9.98. The van der Waals surface area contributed by atoms with E-state index in [0.717, 1.165) is 22.5 Å². The van der Waals surface area contributed by atoms with Crippen LogP contribution in [0.1, 0.15) is 41.1 Å². The number of methoxy groups -OCH3 is 2. The van der Waals surface area contributed by atoms with Gasteiger partial charge in [-0.3, -0.25) is 0 Å². The number of halogens is 1. The minimum atomic E-state index is -0.461. The Morgan fingerprint density at radius 3 is 2.76 bits per heavy atom. The lowest BCUT2D eigenvalue weighted by molar-refractivity contribution is -0.00198. The summed E-state index contributed by atoms with van der Waals surface area (Å²) in [5, 5.41) is 18.2. The smallest absolute Gasteiger partial charge is 0.166 e. The average Bonchev–Trinajstić information content (AvgIpc) is 3.51. The van der Waals surface area contributed by atoms with Gasteiger partial charge in [0.15, 0.2) is 11.5 Å². The second-order valence-corrected chi connectivity index (χ2v) is 8.43. The molecule has 1 aliphatic heterocycles. The third-order valence-corrected chi connectivity index (χ3v) is 6.36. The van der Waals surface area contributed by atoms with Crippen LogP contribution in [0.4, 0.5) is 0 Å². The number of hydrogen-bond donors (Lipinski definition) is 1. The predicted octanol–water partition coefficient (Wildman–Crippen LogP) is 4.48. The standard InChI is InChI=1S/C25H25ClN4O4/c1-32-23-7-3-5-18(25(23)33-2)24-19-13-16(26)8-9-20(19)29-11-4-6-21(29)22(34-24)10-12-30-17(15-31)14-27-28-30/h3-9,11,13-14,22,24,31H,10,12,15H2,1-2H3/t22-,24-/m1/s1. The summed E-state index contributed by atoms with van der Waals surface area (Å²) >= 11 is 6.45. The maximum Gasteiger partial charge on any atom is 0.166 e. The summed E-state index contributed by atoms with van der Waals surface area (Å²) in [5.74, 6) is 1.24. The highest BCUT2D eigenvalue weighted by Crippen LogP contribution is 2.46. The molecule has 5 rings (SSSR count). The molecule has 0 fully saturated rings. The fourth-order valence-electron chi connectivity index (χ4n) is 4.54. The summed E-state index contributed by atoms with van der Waals surface area (Å²) < 4.78 is 22.0. The largest absolute Gasteiger partial charge is 0.493 e. The molecular formula is C25H25ClN4O4. The summed E-state index contributed by atoms with van der Waals surface area (Å²) in [6.45, 7) is 0.410. The van der Waals surface area contributed by atoms with E-state index >= 15 is 0 Å². The monoisotopic (exact) mass is 480 g/mol. The fourth-order valence-corrected chi connectivity index (χ4v) is 4.72. The molecule has 0 amide bonds. The Morgan fingerprint density at radius 1 is 1.09 bits per heavy atom. The van der Waals surface area contributed by atoms with Gasteiger partial charge in [-0.05, 0) is 42.8 Å². The van der Waals surface area contributed by atoms with Crippen LogP contribution >= 0.6 is 11.6 Å². The molecule has 0 bridgehead atoms. The number of hydrogen-bond acceptors (Lipinski definition) is 6. The zero-order valence-corrected chi connectivity index (χ0v) is 19.6. The molecule has 0 radical (unpaired) electrons. The molecule has 0 spiro atoms. The van der Waals surface area contributed by atoms with Gasteiger partial charge in [0, 0.05) is 28.9 Å². The molecule has 9 heteroatoms. The number of rotatable bonds is 7. The molecule has 176 valence electrons. The summed E-state index contributed by atoms with van der Waals surface area (Å²) in [6, 6.07) is 15.7. The number of fused-ring (bicyclic) bond motifs is 3. The van der Waals surface area contributed by atoms with Crippen molar-refractivity contribution in [1.82, 2.24) is 19.6 Å². The van der Waals surface area contributed by atoms with Gasteiger partial charge in [0.2, 0.25) is 0 Å². The van der Waals surface area contributed by atoms with Gasteiger partial charge in [0.05, 0.1) is 44.1 Å². The molecule has 1 aliphatic rings. The molecule has 34 heavy (non-hydrogen) atoms. The zero-order valence-electron chi connectivity index (χ0n) is 18.9. The highest BCUT2D eigenvalue weighted by molar-refractivity contribution is 6.30. The van der Waals surface area contributed by atoms with Crippen molar-refractivity contribution in [3.05, 3.63) is 88.5 Å². The lowest BCUT2D eigenvalue weighted by Crippen LogP contribution is -2.15. The molecular weight excluding hydrogens is 456 g/mol. The van der Waals surface area contributed by atoms with Crippen LogP contribution in [-0.2, 0) is 17.9 Å². The van der Waals surface area contributed by atoms with Gasteiger partial charge in [0.1, 0.15) is 12.2 Å². The van der Waals surface area contributed by atoms with E-state index < -0.39 is 6.10 Å². The number of ether oxygens (including phenoxy) is 3. The van der Waals surface area contributed by atoms with E-state index in [1.54, 1.807) is 25.1 Å². The molecule has 3 heterocycles. The van der Waals surface area contributed by atoms with E-state index in [0.29, 0.717) is 35.2 Å². The first kappa shape index (κ1) is 22.5. The number of benzene rings is 2. The minimum Gasteiger partial charge on any atom is -0.493 e. The minimum absolute atomic E-state index is 0.123. The Morgan fingerprint density at radius 2 is 1.97 bits per heavy atom. The van der Waals surface area contributed by atoms with Crippen LogP contribution in [0.2, 0.25) is 5.02 Å². The number of aliphatic hydroxyl groups is 1. The van der Waals surface area contributed by atoms with Crippen LogP contribution in [0.15, 0.2) is 60.9 Å². The van der Waals surface area contributed by atoms with Crippen molar-refractivity contribution in [3.63, 3.8) is 0 Å². The van der Waals surface area contributed by atoms with Gasteiger partial charge in [-0.2, -0.15) is 0 Å². The van der Waals surface area contributed by atoms with Crippen LogP contribution in [0.25, 0.3) is 5.69 Å². The van der Waals surface area contributed by atoms with Crippen LogP contribution in [-0.4, -0.2) is 38.9 Å². The van der Waals surface area contributed by atoms with Crippen LogP contribution in [0.3, 0.4) is 0 Å². The lowest BCUT2D eigenvalue weighted by Gasteiger charge is -2.25. The number of aryl methyl sites for hydroxylation is 1. The average molecular weight is 481 g/mol. The summed E-state index contributed by atoms with van der Waals surface area (Å²) in [4.78, 5) is 0. The van der Waals surface area contributed by atoms with Gasteiger partial charge in [-0.15, -0.1) is 5.10 Å². The Balaban J connectivity index is 1.62. The first-order valence-electron chi connectivity index (χ1n) is 11.0. The number of nitrogens with zero attached hydrogens (tertiary/aromatic N) is 4. The maximum atomic E-state index is 9.58. The first-order chi connectivity index (χ1) is 16.6. The number of aliphatic hydroxyl groups excluding tert-OH is 1. The van der Waals surface area contributed by atoms with E-state index in [2.05, 4.69) is 20.9 Å². The Bertz CT molecular complexity index is 1300. The normalized spacial score (nSPS) is 17.1. The number of para-hydroxylation sites is 1. The second-order valence-electron chi connectivity index (χ2n) is 7.99. The molecule has 2 atom stereocenters. The van der Waals surface area contributed by atoms with Crippen molar-refractivity contribution in [3.8, 4) is 17.2 Å². The van der Waals surface area contributed by atoms with Crippen LogP contribution in [0, 0.1) is 0 Å². The van der Waals surface area contributed by atoms with Crippen molar-refractivity contribution >= 4 is 11.6 Å². The third kappa shape index (κ3) is 3.94. The molecule has 0 aliphatic carbocycles. The highest BCUT2D eigenvalue weighted by atomic mass is 35.5. The van der Waals surface area contributed by atoms with Crippen molar-refractivity contribution < 1.29 is 19.3 Å². The summed E-state index contributed by atoms with van der Waals surface area (Å²) in [7, 11) is 3.24. The van der Waals surface area contributed by atoms with Gasteiger partial charge >= 0.3 is 0 Å². The molecule has 2 aromatic carbocycles. The van der Waals surface area contributed by atoms with Crippen molar-refractivity contribution in [2.45, 2.75) is 31.8 Å². The summed E-state index contributed by atoms with van der Waals surface area (Å²) in [6.07, 6.45) is 3.47. The molecule has 1 N–H and O–H groups in total. The third-order valence-electron chi connectivity index (χ3n) is 6.12. The van der Waals surface area contributed by atoms with E-state index in [1.165, 1.54) is 0 Å². The maximum absolute atomic E-state index is 9.58. The zero-order chi connectivity index (χ0) is 23.7. The second kappa shape index (κ2) is 9.50. The SMILES string of the molecule is COc1cccc([C@H]2O[C@H](CCn3nncc3CO)c3cccn3-c3ccc(Cl)cc32)c1OC. The van der Waals surface area contributed by atoms with Crippen molar-refractivity contribution in [2.24, 2.45) is 0 Å². The Kier molecular flexibility index (Phi) is 6.28. The van der Waals surface area contributed by atoms with E-state index in [4.69, 9.17) is 25.8 Å². The van der Waals surface area contributed by atoms with Gasteiger partial charge in [0.25, 0.3) is 0 Å². The Hall–Kier alpha value is -3.33. The Labute approximate surface area is 202 Å². The van der Waals surface area contributed by atoms with Crippen molar-refractivity contribution in [2.75, 3.05) is 14.2 Å².